The summed E-state index contributed by atoms with van der Waals surface area (Å²) in [7, 11) is -3.82. The molecule has 25 heavy (non-hydrogen) atoms. The Labute approximate surface area is 150 Å². The van der Waals surface area contributed by atoms with Crippen LogP contribution in [0.4, 0.5) is 0 Å². The fourth-order valence-corrected chi connectivity index (χ4v) is 4.38. The van der Waals surface area contributed by atoms with Crippen LogP contribution in [0, 0.1) is 0 Å². The van der Waals surface area contributed by atoms with Crippen molar-refractivity contribution in [3.63, 3.8) is 0 Å². The highest BCUT2D eigenvalue weighted by Gasteiger charge is 2.25. The van der Waals surface area contributed by atoms with E-state index in [-0.39, 0.29) is 27.2 Å². The van der Waals surface area contributed by atoms with Gasteiger partial charge in [-0.3, -0.25) is 9.59 Å². The largest absolute Gasteiger partial charge is 0.290 e. The van der Waals surface area contributed by atoms with Gasteiger partial charge >= 0.3 is 0 Å². The molecular weight excluding hydrogens is 390 g/mol. The van der Waals surface area contributed by atoms with Gasteiger partial charge in [0, 0.05) is 10.4 Å². The normalized spacial score (nSPS) is 11.4. The Morgan fingerprint density at radius 3 is 2.56 bits per heavy atom. The van der Waals surface area contributed by atoms with E-state index in [9.17, 15) is 18.0 Å². The van der Waals surface area contributed by atoms with Crippen molar-refractivity contribution in [2.75, 3.05) is 0 Å². The Hall–Kier alpha value is -2.50. The van der Waals surface area contributed by atoms with Crippen molar-refractivity contribution in [3.8, 4) is 0 Å². The average molecular weight is 398 g/mol. The number of tetrazole rings is 1. The van der Waals surface area contributed by atoms with Crippen molar-refractivity contribution < 1.29 is 18.0 Å². The minimum absolute atomic E-state index is 0.0343. The van der Waals surface area contributed by atoms with E-state index in [1.54, 1.807) is 0 Å². The lowest BCUT2D eigenvalue weighted by Crippen LogP contribution is -2.18. The van der Waals surface area contributed by atoms with E-state index < -0.39 is 21.4 Å². The van der Waals surface area contributed by atoms with Gasteiger partial charge in [0.15, 0.2) is 0 Å². The number of carbonyl (C=O) groups excluding carboxylic acids is 2. The molecular formula is C13H8ClN5O4S2. The molecule has 128 valence electrons. The van der Waals surface area contributed by atoms with E-state index in [1.807, 2.05) is 0 Å². The third kappa shape index (κ3) is 3.62. The summed E-state index contributed by atoms with van der Waals surface area (Å²) in [4.78, 5) is 27.7. The highest BCUT2D eigenvalue weighted by Crippen LogP contribution is 2.25. The van der Waals surface area contributed by atoms with Gasteiger partial charge in [-0.05, 0) is 29.5 Å². The summed E-state index contributed by atoms with van der Waals surface area (Å²) < 4.78 is 24.8. The summed E-state index contributed by atoms with van der Waals surface area (Å²) in [6.07, 6.45) is -0.361. The second-order valence-corrected chi connectivity index (χ2v) is 8.14. The molecule has 2 heterocycles. The maximum absolute atomic E-state index is 12.5. The van der Waals surface area contributed by atoms with Crippen molar-refractivity contribution in [1.29, 1.82) is 0 Å². The van der Waals surface area contributed by atoms with Crippen LogP contribution in [0.15, 0.2) is 38.9 Å². The van der Waals surface area contributed by atoms with E-state index in [0.29, 0.717) is 5.02 Å². The first-order valence-electron chi connectivity index (χ1n) is 6.64. The number of thiazole rings is 1. The Morgan fingerprint density at radius 1 is 1.20 bits per heavy atom. The van der Waals surface area contributed by atoms with Gasteiger partial charge in [-0.1, -0.05) is 11.6 Å². The molecule has 0 unspecified atom stereocenters. The summed E-state index contributed by atoms with van der Waals surface area (Å²) in [5.41, 5.74) is 0.166. The van der Waals surface area contributed by atoms with Gasteiger partial charge in [-0.25, -0.2) is 13.4 Å². The predicted molar refractivity (Wildman–Crippen MR) is 86.2 cm³/mol. The standard InChI is InChI=1S/C13H8ClN5O4S2/c14-7-1-3-9(4-2-7)25(22,23)13-15-8(6-24-13)5-10(20)11(21)12-16-18-19-17-12/h1-4,6H,5H2,(H,16,17,18,19). The third-order valence-electron chi connectivity index (χ3n) is 3.03. The quantitative estimate of drug-likeness (QED) is 0.483. The maximum atomic E-state index is 12.5. The van der Waals surface area contributed by atoms with Gasteiger partial charge in [0.1, 0.15) is 0 Å². The van der Waals surface area contributed by atoms with Gasteiger partial charge < -0.3 is 0 Å². The van der Waals surface area contributed by atoms with Crippen LogP contribution in [0.25, 0.3) is 0 Å². The summed E-state index contributed by atoms with van der Waals surface area (Å²) in [5, 5.41) is 13.9. The van der Waals surface area contributed by atoms with Crippen molar-refractivity contribution in [3.05, 3.63) is 46.2 Å². The van der Waals surface area contributed by atoms with Gasteiger partial charge in [0.2, 0.25) is 25.8 Å². The number of halogens is 1. The van der Waals surface area contributed by atoms with E-state index >= 15 is 0 Å². The number of H-pyrrole nitrogens is 1. The molecule has 0 spiro atoms. The van der Waals surface area contributed by atoms with Crippen molar-refractivity contribution >= 4 is 44.3 Å². The topological polar surface area (TPSA) is 136 Å². The zero-order valence-electron chi connectivity index (χ0n) is 12.2. The number of hydrogen-bond donors (Lipinski definition) is 1. The smallest absolute Gasteiger partial charge is 0.269 e. The molecule has 0 aliphatic rings. The number of hydrogen-bond acceptors (Lipinski definition) is 9. The maximum Gasteiger partial charge on any atom is 0.269 e. The number of aromatic amines is 1. The number of rotatable bonds is 6. The molecule has 12 heteroatoms. The lowest BCUT2D eigenvalue weighted by Gasteiger charge is -2.00. The molecule has 9 nitrogen and oxygen atoms in total. The van der Waals surface area contributed by atoms with Crippen molar-refractivity contribution in [1.82, 2.24) is 25.6 Å². The molecule has 3 aromatic rings. The molecule has 0 atom stereocenters. The number of carbonyl (C=O) groups is 2. The zero-order valence-corrected chi connectivity index (χ0v) is 14.6. The fraction of sp³-hybridized carbons (Fsp3) is 0.0769. The fourth-order valence-electron chi connectivity index (χ4n) is 1.84. The summed E-state index contributed by atoms with van der Waals surface area (Å²) >= 11 is 6.61. The number of sulfone groups is 1. The monoisotopic (exact) mass is 397 g/mol. The Morgan fingerprint density at radius 2 is 1.92 bits per heavy atom. The lowest BCUT2D eigenvalue weighted by atomic mass is 10.1. The molecule has 2 aromatic heterocycles. The SMILES string of the molecule is O=C(Cc1csc(S(=O)(=O)c2ccc(Cl)cc2)n1)C(=O)c1nn[nH]n1. The van der Waals surface area contributed by atoms with Crippen LogP contribution in [0.3, 0.4) is 0 Å². The van der Waals surface area contributed by atoms with Crippen molar-refractivity contribution in [2.45, 2.75) is 15.7 Å². The first kappa shape index (κ1) is 17.3. The number of ketones is 2. The summed E-state index contributed by atoms with van der Waals surface area (Å²) in [6, 6.07) is 5.64. The van der Waals surface area contributed by atoms with Crippen LogP contribution in [-0.2, 0) is 21.1 Å². The van der Waals surface area contributed by atoms with Crippen LogP contribution in [0.1, 0.15) is 16.3 Å². The summed E-state index contributed by atoms with van der Waals surface area (Å²) in [5.74, 6) is -2.10. The van der Waals surface area contributed by atoms with Gasteiger partial charge in [0.25, 0.3) is 5.78 Å². The second kappa shape index (κ2) is 6.78. The van der Waals surface area contributed by atoms with Crippen LogP contribution in [0.5, 0.6) is 0 Å². The van der Waals surface area contributed by atoms with Crippen LogP contribution in [-0.4, -0.2) is 45.6 Å². The van der Waals surface area contributed by atoms with Crippen LogP contribution >= 0.6 is 22.9 Å². The van der Waals surface area contributed by atoms with Crippen LogP contribution in [0.2, 0.25) is 5.02 Å². The van der Waals surface area contributed by atoms with Gasteiger partial charge in [0.05, 0.1) is 17.0 Å². The molecule has 3 rings (SSSR count). The van der Waals surface area contributed by atoms with E-state index in [4.69, 9.17) is 11.6 Å². The summed E-state index contributed by atoms with van der Waals surface area (Å²) in [6.45, 7) is 0. The van der Waals surface area contributed by atoms with Crippen molar-refractivity contribution in [2.24, 2.45) is 0 Å². The lowest BCUT2D eigenvalue weighted by molar-refractivity contribution is -0.114. The van der Waals surface area contributed by atoms with E-state index in [2.05, 4.69) is 25.6 Å². The molecule has 1 aromatic carbocycles. The number of aromatic nitrogens is 5. The highest BCUT2D eigenvalue weighted by atomic mass is 35.5. The van der Waals surface area contributed by atoms with E-state index in [1.165, 1.54) is 29.6 Å². The minimum Gasteiger partial charge on any atom is -0.290 e. The molecule has 1 N–H and O–H groups in total. The molecule has 0 amide bonds. The van der Waals surface area contributed by atoms with Crippen LogP contribution < -0.4 is 0 Å². The molecule has 0 fully saturated rings. The third-order valence-corrected chi connectivity index (χ3v) is 6.35. The molecule has 0 bridgehead atoms. The molecule has 0 saturated carbocycles. The molecule has 0 aliphatic heterocycles. The van der Waals surface area contributed by atoms with Gasteiger partial charge in [-0.15, -0.1) is 21.5 Å². The Balaban J connectivity index is 1.79. The Kier molecular flexibility index (Phi) is 4.70. The Bertz CT molecular complexity index is 1030. The highest BCUT2D eigenvalue weighted by molar-refractivity contribution is 7.93. The molecule has 0 saturated heterocycles. The number of nitrogens with one attached hydrogen (secondary N) is 1. The molecule has 0 radical (unpaired) electrons. The zero-order chi connectivity index (χ0) is 18.0. The first-order valence-corrected chi connectivity index (χ1v) is 9.38. The minimum atomic E-state index is -3.82. The predicted octanol–water partition coefficient (Wildman–Crippen LogP) is 1.14. The average Bonchev–Trinajstić information content (AvgIpc) is 3.26. The first-order chi connectivity index (χ1) is 11.9. The van der Waals surface area contributed by atoms with E-state index in [0.717, 1.165) is 11.3 Å². The number of Topliss-reactive ketones (excluding diaryl/α,β-unsaturated/α-hetero) is 2. The van der Waals surface area contributed by atoms with Gasteiger partial charge in [-0.2, -0.15) is 5.21 Å². The molecule has 0 aliphatic carbocycles. The number of nitrogens with zero attached hydrogens (tertiary/aromatic N) is 4. The number of benzene rings is 1. The second-order valence-electron chi connectivity index (χ2n) is 4.73.